The molecule has 0 bridgehead atoms. The summed E-state index contributed by atoms with van der Waals surface area (Å²) in [6, 6.07) is 6.74. The minimum Gasteiger partial charge on any atom is -0.389 e. The van der Waals surface area contributed by atoms with Gasteiger partial charge in [-0.1, -0.05) is 29.8 Å². The van der Waals surface area contributed by atoms with Crippen molar-refractivity contribution in [2.24, 2.45) is 5.73 Å². The van der Waals surface area contributed by atoms with Gasteiger partial charge in [0.05, 0.1) is 12.7 Å². The van der Waals surface area contributed by atoms with Crippen LogP contribution in [-0.4, -0.2) is 37.4 Å². The van der Waals surface area contributed by atoms with Gasteiger partial charge in [0.15, 0.2) is 0 Å². The molecule has 5 heteroatoms. The Morgan fingerprint density at radius 1 is 1.44 bits per heavy atom. The lowest BCUT2D eigenvalue weighted by Crippen LogP contribution is -2.39. The van der Waals surface area contributed by atoms with Crippen LogP contribution in [-0.2, 0) is 9.53 Å². The van der Waals surface area contributed by atoms with Crippen LogP contribution in [0, 0.1) is 6.92 Å². The number of aliphatic hydroxyl groups excluding tert-OH is 1. The Labute approximate surface area is 107 Å². The summed E-state index contributed by atoms with van der Waals surface area (Å²) in [7, 11) is 1.49. The monoisotopic (exact) mass is 252 g/mol. The Hall–Kier alpha value is -1.43. The van der Waals surface area contributed by atoms with Crippen molar-refractivity contribution < 1.29 is 14.6 Å². The van der Waals surface area contributed by atoms with Crippen LogP contribution in [0.2, 0.25) is 0 Å². The summed E-state index contributed by atoms with van der Waals surface area (Å²) in [5.41, 5.74) is 7.69. The second-order valence-corrected chi connectivity index (χ2v) is 4.24. The van der Waals surface area contributed by atoms with Crippen molar-refractivity contribution in [2.45, 2.75) is 19.1 Å². The van der Waals surface area contributed by atoms with Gasteiger partial charge >= 0.3 is 0 Å². The van der Waals surface area contributed by atoms with E-state index in [-0.39, 0.29) is 19.1 Å². The molecule has 2 atom stereocenters. The number of amides is 1. The molecule has 0 fully saturated rings. The van der Waals surface area contributed by atoms with Crippen molar-refractivity contribution in [3.63, 3.8) is 0 Å². The fourth-order valence-electron chi connectivity index (χ4n) is 1.50. The molecule has 5 nitrogen and oxygen atoms in total. The number of rotatable bonds is 6. The van der Waals surface area contributed by atoms with Gasteiger partial charge in [-0.15, -0.1) is 0 Å². The molecule has 1 aromatic carbocycles. The first-order chi connectivity index (χ1) is 8.54. The number of aryl methyl sites for hydroxylation is 1. The summed E-state index contributed by atoms with van der Waals surface area (Å²) in [6.45, 7) is 2.28. The average molecular weight is 252 g/mol. The van der Waals surface area contributed by atoms with Crippen LogP contribution in [0.25, 0.3) is 0 Å². The zero-order chi connectivity index (χ0) is 13.5. The second kappa shape index (κ2) is 7.10. The van der Waals surface area contributed by atoms with E-state index in [1.54, 1.807) is 0 Å². The molecule has 0 aliphatic carbocycles. The molecule has 0 radical (unpaired) electrons. The van der Waals surface area contributed by atoms with Crippen LogP contribution < -0.4 is 11.1 Å². The Balaban J connectivity index is 2.48. The van der Waals surface area contributed by atoms with E-state index in [0.29, 0.717) is 0 Å². The van der Waals surface area contributed by atoms with Crippen LogP contribution in [0.1, 0.15) is 17.2 Å². The highest BCUT2D eigenvalue weighted by Crippen LogP contribution is 2.11. The molecule has 0 spiro atoms. The lowest BCUT2D eigenvalue weighted by atomic mass is 10.1. The molecule has 100 valence electrons. The Bertz CT molecular complexity index is 378. The van der Waals surface area contributed by atoms with Crippen molar-refractivity contribution in [1.29, 1.82) is 0 Å². The lowest BCUT2D eigenvalue weighted by molar-refractivity contribution is -0.123. The number of nitrogens with two attached hydrogens (primary N) is 1. The number of hydrogen-bond donors (Lipinski definition) is 3. The topological polar surface area (TPSA) is 84.6 Å². The quantitative estimate of drug-likeness (QED) is 0.671. The number of carbonyl (C=O) groups is 1. The molecular formula is C13H20N2O3. The number of carbonyl (C=O) groups excluding carboxylic acids is 1. The number of benzene rings is 1. The molecule has 1 rings (SSSR count). The van der Waals surface area contributed by atoms with Gasteiger partial charge in [-0.3, -0.25) is 4.79 Å². The highest BCUT2D eigenvalue weighted by Gasteiger charge is 2.16. The third kappa shape index (κ3) is 4.44. The standard InChI is InChI=1S/C13H20N2O3/c1-9-3-5-10(6-4-9)12(14)13(17)15-7-11(16)8-18-2/h3-6,11-12,16H,7-8,14H2,1-2H3,(H,15,17). The van der Waals surface area contributed by atoms with E-state index in [0.717, 1.165) is 11.1 Å². The third-order valence-corrected chi connectivity index (χ3v) is 2.59. The van der Waals surface area contributed by atoms with E-state index in [1.807, 2.05) is 31.2 Å². The fraction of sp³-hybridized carbons (Fsp3) is 0.462. The zero-order valence-electron chi connectivity index (χ0n) is 10.7. The zero-order valence-corrected chi connectivity index (χ0v) is 10.7. The van der Waals surface area contributed by atoms with E-state index in [2.05, 4.69) is 5.32 Å². The van der Waals surface area contributed by atoms with Gasteiger partial charge < -0.3 is 20.9 Å². The number of nitrogens with one attached hydrogen (secondary N) is 1. The minimum absolute atomic E-state index is 0.131. The summed E-state index contributed by atoms with van der Waals surface area (Å²) in [4.78, 5) is 11.7. The number of hydrogen-bond acceptors (Lipinski definition) is 4. The molecule has 0 aromatic heterocycles. The van der Waals surface area contributed by atoms with E-state index < -0.39 is 12.1 Å². The van der Waals surface area contributed by atoms with Crippen molar-refractivity contribution in [3.8, 4) is 0 Å². The number of ether oxygens (including phenoxy) is 1. The van der Waals surface area contributed by atoms with E-state index in [4.69, 9.17) is 10.5 Å². The predicted octanol–water partition coefficient (Wildman–Crippen LogP) is 0.118. The third-order valence-electron chi connectivity index (χ3n) is 2.59. The highest BCUT2D eigenvalue weighted by atomic mass is 16.5. The van der Waals surface area contributed by atoms with Crippen LogP contribution in [0.3, 0.4) is 0 Å². The lowest BCUT2D eigenvalue weighted by Gasteiger charge is -2.15. The van der Waals surface area contributed by atoms with Gasteiger partial charge in [-0.25, -0.2) is 0 Å². The van der Waals surface area contributed by atoms with Gasteiger partial charge in [0.2, 0.25) is 5.91 Å². The van der Waals surface area contributed by atoms with E-state index in [9.17, 15) is 9.90 Å². The first-order valence-corrected chi connectivity index (χ1v) is 5.81. The Morgan fingerprint density at radius 3 is 2.61 bits per heavy atom. The summed E-state index contributed by atoms with van der Waals surface area (Å²) in [5.74, 6) is -0.311. The van der Waals surface area contributed by atoms with E-state index in [1.165, 1.54) is 7.11 Å². The van der Waals surface area contributed by atoms with Crippen molar-refractivity contribution in [1.82, 2.24) is 5.32 Å². The van der Waals surface area contributed by atoms with Crippen LogP contribution >= 0.6 is 0 Å². The molecule has 1 aromatic rings. The predicted molar refractivity (Wildman–Crippen MR) is 69.0 cm³/mol. The summed E-state index contributed by atoms with van der Waals surface area (Å²) >= 11 is 0. The maximum absolute atomic E-state index is 11.7. The van der Waals surface area contributed by atoms with Crippen molar-refractivity contribution >= 4 is 5.91 Å². The van der Waals surface area contributed by atoms with Crippen molar-refractivity contribution in [2.75, 3.05) is 20.3 Å². The van der Waals surface area contributed by atoms with Gasteiger partial charge in [-0.2, -0.15) is 0 Å². The molecule has 0 aliphatic heterocycles. The van der Waals surface area contributed by atoms with E-state index >= 15 is 0 Å². The van der Waals surface area contributed by atoms with Gasteiger partial charge in [0, 0.05) is 13.7 Å². The smallest absolute Gasteiger partial charge is 0.241 e. The minimum atomic E-state index is -0.722. The van der Waals surface area contributed by atoms with Crippen LogP contribution in [0.5, 0.6) is 0 Å². The van der Waals surface area contributed by atoms with Crippen molar-refractivity contribution in [3.05, 3.63) is 35.4 Å². The molecule has 18 heavy (non-hydrogen) atoms. The summed E-state index contributed by atoms with van der Waals surface area (Å²) in [6.07, 6.45) is -0.718. The molecule has 2 unspecified atom stereocenters. The Morgan fingerprint density at radius 2 is 2.06 bits per heavy atom. The molecular weight excluding hydrogens is 232 g/mol. The second-order valence-electron chi connectivity index (χ2n) is 4.24. The normalized spacial score (nSPS) is 14.0. The van der Waals surface area contributed by atoms with Crippen LogP contribution in [0.15, 0.2) is 24.3 Å². The maximum Gasteiger partial charge on any atom is 0.241 e. The first-order valence-electron chi connectivity index (χ1n) is 5.81. The van der Waals surface area contributed by atoms with Gasteiger partial charge in [0.1, 0.15) is 6.04 Å². The number of aliphatic hydroxyl groups is 1. The summed E-state index contributed by atoms with van der Waals surface area (Å²) < 4.78 is 4.76. The average Bonchev–Trinajstić information content (AvgIpc) is 2.36. The van der Waals surface area contributed by atoms with Gasteiger partial charge in [-0.05, 0) is 12.5 Å². The maximum atomic E-state index is 11.7. The SMILES string of the molecule is COCC(O)CNC(=O)C(N)c1ccc(C)cc1. The first kappa shape index (κ1) is 14.6. The molecule has 1 amide bonds. The van der Waals surface area contributed by atoms with Gasteiger partial charge in [0.25, 0.3) is 0 Å². The highest BCUT2D eigenvalue weighted by molar-refractivity contribution is 5.82. The fourth-order valence-corrected chi connectivity index (χ4v) is 1.50. The molecule has 0 saturated carbocycles. The molecule has 0 saturated heterocycles. The molecule has 4 N–H and O–H groups in total. The summed E-state index contributed by atoms with van der Waals surface area (Å²) in [5, 5.41) is 12.0. The Kier molecular flexibility index (Phi) is 5.77. The largest absolute Gasteiger partial charge is 0.389 e. The molecule has 0 aliphatic rings. The van der Waals surface area contributed by atoms with Crippen LogP contribution in [0.4, 0.5) is 0 Å². The number of methoxy groups -OCH3 is 1. The molecule has 0 heterocycles.